The smallest absolute Gasteiger partial charge is 0.164 e. The van der Waals surface area contributed by atoms with E-state index in [0.29, 0.717) is 0 Å². The van der Waals surface area contributed by atoms with Gasteiger partial charge in [-0.3, -0.25) is 4.98 Å². The van der Waals surface area contributed by atoms with Crippen LogP contribution in [0, 0.1) is 6.92 Å². The van der Waals surface area contributed by atoms with E-state index in [4.69, 9.17) is 9.97 Å². The first-order chi connectivity index (χ1) is 14.7. The van der Waals surface area contributed by atoms with E-state index in [2.05, 4.69) is 59.0 Å². The Hall–Kier alpha value is -2.99. The molecule has 6 heteroatoms. The Kier molecular flexibility index (Phi) is 5.09. The third-order valence-electron chi connectivity index (χ3n) is 5.67. The minimum absolute atomic E-state index is 0.760. The molecule has 0 N–H and O–H groups in total. The fraction of sp³-hybridized carbons (Fsp3) is 0.292. The van der Waals surface area contributed by atoms with Crippen molar-refractivity contribution in [1.82, 2.24) is 15.0 Å². The average molecular weight is 416 g/mol. The van der Waals surface area contributed by atoms with Gasteiger partial charge >= 0.3 is 0 Å². The molecule has 1 saturated heterocycles. The Morgan fingerprint density at radius 3 is 2.43 bits per heavy atom. The molecule has 0 bridgehead atoms. The molecule has 1 aromatic carbocycles. The molecule has 0 atom stereocenters. The van der Waals surface area contributed by atoms with Gasteiger partial charge in [0.2, 0.25) is 0 Å². The van der Waals surface area contributed by atoms with Crippen molar-refractivity contribution in [2.24, 2.45) is 0 Å². The average Bonchev–Trinajstić information content (AvgIpc) is 3.23. The van der Waals surface area contributed by atoms with E-state index in [0.717, 1.165) is 54.6 Å². The maximum absolute atomic E-state index is 5.01. The van der Waals surface area contributed by atoms with Gasteiger partial charge in [0.05, 0.1) is 5.39 Å². The van der Waals surface area contributed by atoms with Gasteiger partial charge in [0.15, 0.2) is 5.82 Å². The molecule has 0 unspecified atom stereocenters. The van der Waals surface area contributed by atoms with Crippen molar-refractivity contribution in [1.29, 1.82) is 0 Å². The van der Waals surface area contributed by atoms with Crippen molar-refractivity contribution >= 4 is 33.1 Å². The van der Waals surface area contributed by atoms with E-state index in [1.807, 2.05) is 18.3 Å². The van der Waals surface area contributed by atoms with Crippen LogP contribution in [0.3, 0.4) is 0 Å². The van der Waals surface area contributed by atoms with Gasteiger partial charge in [0.25, 0.3) is 0 Å². The highest BCUT2D eigenvalue weighted by molar-refractivity contribution is 7.18. The number of piperazine rings is 1. The lowest BCUT2D eigenvalue weighted by Crippen LogP contribution is -2.47. The van der Waals surface area contributed by atoms with Gasteiger partial charge in [-0.15, -0.1) is 11.3 Å². The zero-order valence-electron chi connectivity index (χ0n) is 17.4. The monoisotopic (exact) mass is 415 g/mol. The highest BCUT2D eigenvalue weighted by Gasteiger charge is 2.22. The second kappa shape index (κ2) is 8.03. The first-order valence-corrected chi connectivity index (χ1v) is 11.3. The molecule has 3 aromatic heterocycles. The first kappa shape index (κ1) is 19.0. The minimum Gasteiger partial charge on any atom is -0.368 e. The summed E-state index contributed by atoms with van der Waals surface area (Å²) in [5, 5.41) is 1.17. The zero-order chi connectivity index (χ0) is 20.5. The van der Waals surface area contributed by atoms with Crippen LogP contribution in [0.5, 0.6) is 0 Å². The Morgan fingerprint density at radius 1 is 0.967 bits per heavy atom. The topological polar surface area (TPSA) is 45.2 Å². The van der Waals surface area contributed by atoms with Crippen molar-refractivity contribution in [2.75, 3.05) is 36.0 Å². The molecule has 0 aliphatic carbocycles. The third-order valence-corrected chi connectivity index (χ3v) is 6.84. The molecule has 0 saturated carbocycles. The van der Waals surface area contributed by atoms with Crippen LogP contribution in [0.25, 0.3) is 21.6 Å². The van der Waals surface area contributed by atoms with Crippen molar-refractivity contribution in [3.63, 3.8) is 0 Å². The predicted molar refractivity (Wildman–Crippen MR) is 126 cm³/mol. The molecular weight excluding hydrogens is 390 g/mol. The minimum atomic E-state index is 0.760. The lowest BCUT2D eigenvalue weighted by molar-refractivity contribution is 0.649. The van der Waals surface area contributed by atoms with E-state index in [1.165, 1.54) is 21.5 Å². The predicted octanol–water partition coefficient (Wildman–Crippen LogP) is 4.95. The Labute approximate surface area is 181 Å². The molecule has 0 amide bonds. The van der Waals surface area contributed by atoms with Crippen LogP contribution in [0.2, 0.25) is 0 Å². The van der Waals surface area contributed by atoms with E-state index in [9.17, 15) is 0 Å². The lowest BCUT2D eigenvalue weighted by Gasteiger charge is -2.37. The number of anilines is 2. The van der Waals surface area contributed by atoms with Gasteiger partial charge < -0.3 is 9.80 Å². The molecule has 1 fully saturated rings. The summed E-state index contributed by atoms with van der Waals surface area (Å²) in [6.45, 7) is 8.20. The van der Waals surface area contributed by atoms with Gasteiger partial charge in [-0.1, -0.05) is 24.6 Å². The van der Waals surface area contributed by atoms with E-state index >= 15 is 0 Å². The molecule has 4 aromatic rings. The summed E-state index contributed by atoms with van der Waals surface area (Å²) in [6.07, 6.45) is 4.64. The van der Waals surface area contributed by atoms with Gasteiger partial charge in [0.1, 0.15) is 10.6 Å². The molecule has 4 heterocycles. The SMILES string of the molecule is CCc1cc2c(N3CCN(c4ccc(C)cc4)CC3)nc(-c3cccnc3)nc2s1. The number of nitrogens with zero attached hydrogens (tertiary/aromatic N) is 5. The number of benzene rings is 1. The van der Waals surface area contributed by atoms with Crippen LogP contribution in [-0.4, -0.2) is 41.1 Å². The van der Waals surface area contributed by atoms with Crippen molar-refractivity contribution in [3.05, 3.63) is 65.3 Å². The fourth-order valence-corrected chi connectivity index (χ4v) is 4.89. The second-order valence-electron chi connectivity index (χ2n) is 7.71. The summed E-state index contributed by atoms with van der Waals surface area (Å²) in [5.41, 5.74) is 3.56. The highest BCUT2D eigenvalue weighted by Crippen LogP contribution is 2.34. The Bertz CT molecular complexity index is 1150. The van der Waals surface area contributed by atoms with E-state index in [1.54, 1.807) is 17.5 Å². The molecular formula is C24H25N5S. The molecule has 1 aliphatic rings. The number of pyridine rings is 1. The fourth-order valence-electron chi connectivity index (χ4n) is 3.93. The van der Waals surface area contributed by atoms with E-state index in [-0.39, 0.29) is 0 Å². The number of fused-ring (bicyclic) bond motifs is 1. The summed E-state index contributed by atoms with van der Waals surface area (Å²) in [7, 11) is 0. The summed E-state index contributed by atoms with van der Waals surface area (Å²) < 4.78 is 0. The number of rotatable bonds is 4. The van der Waals surface area contributed by atoms with Gasteiger partial charge in [-0.2, -0.15) is 0 Å². The maximum atomic E-state index is 5.01. The Morgan fingerprint density at radius 2 is 1.73 bits per heavy atom. The highest BCUT2D eigenvalue weighted by atomic mass is 32.1. The maximum Gasteiger partial charge on any atom is 0.164 e. The normalized spacial score (nSPS) is 14.5. The van der Waals surface area contributed by atoms with E-state index < -0.39 is 0 Å². The van der Waals surface area contributed by atoms with Crippen LogP contribution in [0.1, 0.15) is 17.4 Å². The quantitative estimate of drug-likeness (QED) is 0.472. The molecule has 0 radical (unpaired) electrons. The second-order valence-corrected chi connectivity index (χ2v) is 8.82. The molecule has 30 heavy (non-hydrogen) atoms. The summed E-state index contributed by atoms with van der Waals surface area (Å²) in [5.74, 6) is 1.81. The van der Waals surface area contributed by atoms with Crippen LogP contribution in [-0.2, 0) is 6.42 Å². The van der Waals surface area contributed by atoms with Crippen LogP contribution in [0.15, 0.2) is 54.9 Å². The largest absolute Gasteiger partial charge is 0.368 e. The molecule has 0 spiro atoms. The molecule has 152 valence electrons. The van der Waals surface area contributed by atoms with Crippen molar-refractivity contribution in [2.45, 2.75) is 20.3 Å². The van der Waals surface area contributed by atoms with Crippen LogP contribution < -0.4 is 9.80 Å². The number of hydrogen-bond acceptors (Lipinski definition) is 6. The first-order valence-electron chi connectivity index (χ1n) is 10.5. The molecule has 1 aliphatic heterocycles. The van der Waals surface area contributed by atoms with Crippen LogP contribution >= 0.6 is 11.3 Å². The Balaban J connectivity index is 1.47. The number of aryl methyl sites for hydroxylation is 2. The standard InChI is InChI=1S/C24H25N5S/c1-3-20-15-21-23(26-22(27-24(21)30-20)18-5-4-10-25-16-18)29-13-11-28(12-14-29)19-8-6-17(2)7-9-19/h4-10,15-16H,3,11-14H2,1-2H3. The summed E-state index contributed by atoms with van der Waals surface area (Å²) in [6, 6.07) is 15.1. The van der Waals surface area contributed by atoms with Gasteiger partial charge in [-0.05, 0) is 43.7 Å². The van der Waals surface area contributed by atoms with Crippen molar-refractivity contribution < 1.29 is 0 Å². The van der Waals surface area contributed by atoms with Gasteiger partial charge in [-0.25, -0.2) is 9.97 Å². The summed E-state index contributed by atoms with van der Waals surface area (Å²) >= 11 is 1.77. The third kappa shape index (κ3) is 3.63. The zero-order valence-corrected chi connectivity index (χ0v) is 18.2. The van der Waals surface area contributed by atoms with Crippen LogP contribution in [0.4, 0.5) is 11.5 Å². The van der Waals surface area contributed by atoms with Crippen molar-refractivity contribution in [3.8, 4) is 11.4 Å². The number of thiophene rings is 1. The van der Waals surface area contributed by atoms with Gasteiger partial charge in [0, 0.05) is 54.7 Å². The number of aromatic nitrogens is 3. The molecule has 5 nitrogen and oxygen atoms in total. The lowest BCUT2D eigenvalue weighted by atomic mass is 10.2. The summed E-state index contributed by atoms with van der Waals surface area (Å²) in [4.78, 5) is 21.4. The number of hydrogen-bond donors (Lipinski definition) is 0. The molecule has 5 rings (SSSR count).